The summed E-state index contributed by atoms with van der Waals surface area (Å²) in [6.45, 7) is 1.36. The largest absolute Gasteiger partial charge is 0.352 e. The summed E-state index contributed by atoms with van der Waals surface area (Å²) >= 11 is 13.7. The van der Waals surface area contributed by atoms with Gasteiger partial charge in [0.1, 0.15) is 5.15 Å². The lowest BCUT2D eigenvalue weighted by atomic mass is 10.4. The zero-order chi connectivity index (χ0) is 14.5. The Hall–Kier alpha value is -1.17. The molecule has 0 amide bonds. The Balaban J connectivity index is 1.89. The molecule has 2 N–H and O–H groups in total. The van der Waals surface area contributed by atoms with Crippen molar-refractivity contribution < 1.29 is 0 Å². The molecular formula is C13H16Cl2N4S. The molecule has 0 aliphatic rings. The van der Waals surface area contributed by atoms with Gasteiger partial charge in [0.2, 0.25) is 0 Å². The molecular weight excluding hydrogens is 315 g/mol. The Morgan fingerprint density at radius 3 is 2.65 bits per heavy atom. The second kappa shape index (κ2) is 7.02. The van der Waals surface area contributed by atoms with Gasteiger partial charge in [0.25, 0.3) is 0 Å². The van der Waals surface area contributed by atoms with E-state index in [9.17, 15) is 0 Å². The molecule has 2 aromatic rings. The van der Waals surface area contributed by atoms with Crippen molar-refractivity contribution in [2.45, 2.75) is 13.1 Å². The van der Waals surface area contributed by atoms with Gasteiger partial charge in [-0.05, 0) is 17.5 Å². The van der Waals surface area contributed by atoms with Crippen LogP contribution in [0.2, 0.25) is 10.2 Å². The molecule has 0 saturated heterocycles. The summed E-state index contributed by atoms with van der Waals surface area (Å²) in [5, 5.41) is 9.66. The summed E-state index contributed by atoms with van der Waals surface area (Å²) in [6, 6.07) is 5.97. The number of aliphatic imine (C=N–C) groups is 1. The van der Waals surface area contributed by atoms with Crippen LogP contribution < -0.4 is 10.6 Å². The van der Waals surface area contributed by atoms with Crippen LogP contribution in [0.1, 0.15) is 10.6 Å². The fourth-order valence-electron chi connectivity index (χ4n) is 1.74. The Morgan fingerprint density at radius 1 is 1.35 bits per heavy atom. The van der Waals surface area contributed by atoms with Crippen molar-refractivity contribution in [2.24, 2.45) is 12.0 Å². The number of rotatable bonds is 4. The van der Waals surface area contributed by atoms with Crippen molar-refractivity contribution >= 4 is 40.5 Å². The van der Waals surface area contributed by atoms with Gasteiger partial charge in [0.15, 0.2) is 5.96 Å². The predicted molar refractivity (Wildman–Crippen MR) is 86.8 cm³/mol. The highest BCUT2D eigenvalue weighted by Crippen LogP contribution is 2.24. The molecule has 0 fully saturated rings. The smallest absolute Gasteiger partial charge is 0.191 e. The number of guanidine groups is 1. The third-order valence-electron chi connectivity index (χ3n) is 2.89. The van der Waals surface area contributed by atoms with Gasteiger partial charge in [-0.1, -0.05) is 29.3 Å². The normalized spacial score (nSPS) is 11.7. The maximum Gasteiger partial charge on any atom is 0.191 e. The van der Waals surface area contributed by atoms with Crippen LogP contribution in [0.3, 0.4) is 0 Å². The van der Waals surface area contributed by atoms with Crippen molar-refractivity contribution in [3.05, 3.63) is 44.3 Å². The van der Waals surface area contributed by atoms with E-state index in [-0.39, 0.29) is 0 Å². The minimum absolute atomic E-state index is 0.546. The lowest BCUT2D eigenvalue weighted by Gasteiger charge is -2.11. The van der Waals surface area contributed by atoms with E-state index in [0.717, 1.165) is 18.2 Å². The molecule has 0 aliphatic carbocycles. The molecule has 0 atom stereocenters. The Kier molecular flexibility index (Phi) is 5.34. The van der Waals surface area contributed by atoms with Crippen LogP contribution >= 0.6 is 34.5 Å². The lowest BCUT2D eigenvalue weighted by molar-refractivity contribution is 0.752. The van der Waals surface area contributed by atoms with E-state index in [1.165, 1.54) is 4.88 Å². The number of hydrogen-bond acceptors (Lipinski definition) is 2. The van der Waals surface area contributed by atoms with E-state index >= 15 is 0 Å². The zero-order valence-corrected chi connectivity index (χ0v) is 13.6. The molecule has 2 heterocycles. The summed E-state index contributed by atoms with van der Waals surface area (Å²) < 4.78 is 1.85. The van der Waals surface area contributed by atoms with E-state index in [2.05, 4.69) is 27.1 Å². The molecule has 0 bridgehead atoms. The summed E-state index contributed by atoms with van der Waals surface area (Å²) in [6.07, 6.45) is 0. The monoisotopic (exact) mass is 330 g/mol. The molecule has 0 aromatic carbocycles. The van der Waals surface area contributed by atoms with Crippen LogP contribution in [-0.4, -0.2) is 17.6 Å². The zero-order valence-electron chi connectivity index (χ0n) is 11.3. The standard InChI is InChI=1S/C13H16Cl2N4S/c1-16-13(18-8-10-4-3-5-20-10)17-7-9-6-11(14)12(15)19(9)2/h3-6H,7-8H2,1-2H3,(H2,16,17,18). The van der Waals surface area contributed by atoms with E-state index in [1.807, 2.05) is 23.7 Å². The number of thiophene rings is 1. The molecule has 0 unspecified atom stereocenters. The van der Waals surface area contributed by atoms with Crippen LogP contribution in [0.4, 0.5) is 0 Å². The average molecular weight is 331 g/mol. The van der Waals surface area contributed by atoms with Crippen molar-refractivity contribution in [3.8, 4) is 0 Å². The minimum Gasteiger partial charge on any atom is -0.352 e. The second-order valence-electron chi connectivity index (χ2n) is 4.19. The third kappa shape index (κ3) is 3.69. The first-order valence-corrected chi connectivity index (χ1v) is 7.72. The predicted octanol–water partition coefficient (Wildman–Crippen LogP) is 3.26. The fourth-order valence-corrected chi connectivity index (χ4v) is 2.80. The van der Waals surface area contributed by atoms with Gasteiger partial charge in [0.05, 0.1) is 18.1 Å². The molecule has 2 aromatic heterocycles. The van der Waals surface area contributed by atoms with Crippen molar-refractivity contribution in [1.82, 2.24) is 15.2 Å². The molecule has 2 rings (SSSR count). The van der Waals surface area contributed by atoms with Gasteiger partial charge in [-0.2, -0.15) is 0 Å². The number of nitrogens with one attached hydrogen (secondary N) is 2. The van der Waals surface area contributed by atoms with Gasteiger partial charge < -0.3 is 15.2 Å². The summed E-state index contributed by atoms with van der Waals surface area (Å²) in [5.74, 6) is 0.742. The molecule has 0 saturated carbocycles. The van der Waals surface area contributed by atoms with E-state index < -0.39 is 0 Å². The summed E-state index contributed by atoms with van der Waals surface area (Å²) in [7, 11) is 3.63. The van der Waals surface area contributed by atoms with E-state index in [4.69, 9.17) is 23.2 Å². The molecule has 0 aliphatic heterocycles. The molecule has 0 spiro atoms. The van der Waals surface area contributed by atoms with Crippen molar-refractivity contribution in [3.63, 3.8) is 0 Å². The highest BCUT2D eigenvalue weighted by atomic mass is 35.5. The number of halogens is 2. The topological polar surface area (TPSA) is 41.4 Å². The Labute approximate surface area is 132 Å². The number of aromatic nitrogens is 1. The Bertz CT molecular complexity index is 590. The minimum atomic E-state index is 0.546. The molecule has 7 heteroatoms. The van der Waals surface area contributed by atoms with Gasteiger partial charge >= 0.3 is 0 Å². The van der Waals surface area contributed by atoms with Gasteiger partial charge in [-0.15, -0.1) is 11.3 Å². The van der Waals surface area contributed by atoms with Crippen LogP contribution in [0, 0.1) is 0 Å². The van der Waals surface area contributed by atoms with Gasteiger partial charge in [-0.3, -0.25) is 4.99 Å². The van der Waals surface area contributed by atoms with Crippen LogP contribution in [-0.2, 0) is 20.1 Å². The quantitative estimate of drug-likeness (QED) is 0.667. The van der Waals surface area contributed by atoms with Crippen molar-refractivity contribution in [1.29, 1.82) is 0 Å². The van der Waals surface area contributed by atoms with Gasteiger partial charge in [-0.25, -0.2) is 0 Å². The molecule has 4 nitrogen and oxygen atoms in total. The lowest BCUT2D eigenvalue weighted by Crippen LogP contribution is -2.36. The SMILES string of the molecule is CN=C(NCc1cccs1)NCc1cc(Cl)c(Cl)n1C. The first kappa shape index (κ1) is 15.2. The highest BCUT2D eigenvalue weighted by molar-refractivity contribution is 7.09. The maximum atomic E-state index is 6.04. The number of nitrogens with zero attached hydrogens (tertiary/aromatic N) is 2. The average Bonchev–Trinajstić information content (AvgIpc) is 3.04. The third-order valence-corrected chi connectivity index (χ3v) is 4.60. The first-order valence-electron chi connectivity index (χ1n) is 6.08. The summed E-state index contributed by atoms with van der Waals surface area (Å²) in [5.41, 5.74) is 0.999. The van der Waals surface area contributed by atoms with Crippen LogP contribution in [0.15, 0.2) is 28.6 Å². The van der Waals surface area contributed by atoms with E-state index in [0.29, 0.717) is 16.7 Å². The highest BCUT2D eigenvalue weighted by Gasteiger charge is 2.09. The molecule has 108 valence electrons. The second-order valence-corrected chi connectivity index (χ2v) is 5.99. The Morgan fingerprint density at radius 2 is 2.10 bits per heavy atom. The maximum absolute atomic E-state index is 6.04. The number of hydrogen-bond donors (Lipinski definition) is 2. The summed E-state index contributed by atoms with van der Waals surface area (Å²) in [4.78, 5) is 5.45. The van der Waals surface area contributed by atoms with Gasteiger partial charge in [0, 0.05) is 24.7 Å². The van der Waals surface area contributed by atoms with E-state index in [1.54, 1.807) is 18.4 Å². The first-order chi connectivity index (χ1) is 9.61. The molecule has 20 heavy (non-hydrogen) atoms. The van der Waals surface area contributed by atoms with Crippen LogP contribution in [0.5, 0.6) is 0 Å². The fraction of sp³-hybridized carbons (Fsp3) is 0.308. The van der Waals surface area contributed by atoms with Crippen molar-refractivity contribution in [2.75, 3.05) is 7.05 Å². The van der Waals surface area contributed by atoms with Crippen LogP contribution in [0.25, 0.3) is 0 Å². The molecule has 0 radical (unpaired) electrons.